The van der Waals surface area contributed by atoms with E-state index in [-0.39, 0.29) is 42.6 Å². The normalized spacial score (nSPS) is 27.1. The van der Waals surface area contributed by atoms with Gasteiger partial charge in [0.1, 0.15) is 10.6 Å². The fraction of sp³-hybridized carbons (Fsp3) is 0.600. The van der Waals surface area contributed by atoms with Gasteiger partial charge in [-0.2, -0.15) is 13.1 Å². The van der Waals surface area contributed by atoms with Crippen molar-refractivity contribution >= 4 is 19.9 Å². The maximum Gasteiger partial charge on any atom is 0.387 e. The third-order valence-electron chi connectivity index (χ3n) is 4.72. The summed E-state index contributed by atoms with van der Waals surface area (Å²) >= 11 is 0. The van der Waals surface area contributed by atoms with Crippen molar-refractivity contribution in [1.82, 2.24) is 9.21 Å². The molecule has 0 aromatic heterocycles. The maximum absolute atomic E-state index is 12.8. The first-order valence-corrected chi connectivity index (χ1v) is 11.5. The fourth-order valence-corrected chi connectivity index (χ4v) is 6.81. The molecule has 1 N–H and O–H groups in total. The zero-order valence-electron chi connectivity index (χ0n) is 14.2. The molecule has 0 amide bonds. The molecule has 0 unspecified atom stereocenters. The van der Waals surface area contributed by atoms with Crippen molar-refractivity contribution in [3.05, 3.63) is 24.3 Å². The van der Waals surface area contributed by atoms with Crippen molar-refractivity contribution in [2.75, 3.05) is 37.7 Å². The van der Waals surface area contributed by atoms with Crippen LogP contribution in [0.1, 0.15) is 0 Å². The summed E-state index contributed by atoms with van der Waals surface area (Å²) in [5.74, 6) is -0.882. The molecule has 152 valence electrons. The molecule has 0 bridgehead atoms. The molecule has 0 radical (unpaired) electrons. The van der Waals surface area contributed by atoms with Gasteiger partial charge in [-0.25, -0.2) is 16.8 Å². The smallest absolute Gasteiger partial charge is 0.387 e. The second-order valence-electron chi connectivity index (χ2n) is 6.48. The summed E-state index contributed by atoms with van der Waals surface area (Å²) < 4.78 is 79.5. The number of ether oxygens (including phenoxy) is 1. The Morgan fingerprint density at radius 2 is 1.74 bits per heavy atom. The molecule has 0 aliphatic carbocycles. The highest BCUT2D eigenvalue weighted by molar-refractivity contribution is 7.91. The number of sulfone groups is 1. The molecule has 27 heavy (non-hydrogen) atoms. The van der Waals surface area contributed by atoms with E-state index >= 15 is 0 Å². The number of aliphatic hydroxyl groups is 1. The Kier molecular flexibility index (Phi) is 5.73. The average Bonchev–Trinajstić information content (AvgIpc) is 2.87. The summed E-state index contributed by atoms with van der Waals surface area (Å²) in [6, 6.07) is 4.62. The number of para-hydroxylation sites is 1. The predicted octanol–water partition coefficient (Wildman–Crippen LogP) is -0.248. The van der Waals surface area contributed by atoms with E-state index in [1.165, 1.54) is 18.2 Å². The lowest BCUT2D eigenvalue weighted by atomic mass is 10.1. The SMILES string of the molecule is O=S1(=O)C[C@@H](O)[C@H](N2CCN(S(=O)(=O)c3ccccc3OC(F)F)CC2)C1. The van der Waals surface area contributed by atoms with E-state index < -0.39 is 44.4 Å². The van der Waals surface area contributed by atoms with Crippen LogP contribution in [0.4, 0.5) is 8.78 Å². The molecular weight excluding hydrogens is 406 g/mol. The second kappa shape index (κ2) is 7.59. The second-order valence-corrected chi connectivity index (χ2v) is 10.5. The quantitative estimate of drug-likeness (QED) is 0.693. The van der Waals surface area contributed by atoms with Crippen molar-refractivity contribution in [2.24, 2.45) is 0 Å². The molecule has 1 aromatic rings. The van der Waals surface area contributed by atoms with Crippen LogP contribution < -0.4 is 4.74 Å². The van der Waals surface area contributed by atoms with Gasteiger partial charge in [0.2, 0.25) is 10.0 Å². The van der Waals surface area contributed by atoms with Crippen molar-refractivity contribution in [3.63, 3.8) is 0 Å². The number of benzene rings is 1. The Bertz CT molecular complexity index is 885. The number of halogens is 2. The van der Waals surface area contributed by atoms with Crippen LogP contribution in [0.3, 0.4) is 0 Å². The minimum absolute atomic E-state index is 0.0502. The van der Waals surface area contributed by atoms with Crippen LogP contribution in [0.25, 0.3) is 0 Å². The Labute approximate surface area is 156 Å². The molecule has 0 saturated carbocycles. The van der Waals surface area contributed by atoms with Crippen LogP contribution in [0.5, 0.6) is 5.75 Å². The van der Waals surface area contributed by atoms with Gasteiger partial charge in [0.25, 0.3) is 0 Å². The summed E-state index contributed by atoms with van der Waals surface area (Å²) in [4.78, 5) is 1.41. The van der Waals surface area contributed by atoms with E-state index in [9.17, 15) is 30.7 Å². The van der Waals surface area contributed by atoms with Gasteiger partial charge in [-0.15, -0.1) is 0 Å². The average molecular weight is 426 g/mol. The Morgan fingerprint density at radius 3 is 2.30 bits per heavy atom. The standard InChI is InChI=1S/C15H20F2N2O6S2/c16-15(17)25-13-3-1-2-4-14(13)27(23,24)19-7-5-18(6-8-19)11-9-26(21,22)10-12(11)20/h1-4,11-12,15,20H,5-10H2/t11-,12-/m1/s1. The zero-order chi connectivity index (χ0) is 19.8. The number of hydrogen-bond acceptors (Lipinski definition) is 7. The molecule has 3 rings (SSSR count). The van der Waals surface area contributed by atoms with Gasteiger partial charge in [-0.05, 0) is 12.1 Å². The molecule has 2 saturated heterocycles. The van der Waals surface area contributed by atoms with Crippen molar-refractivity contribution in [2.45, 2.75) is 23.7 Å². The molecular formula is C15H20F2N2O6S2. The van der Waals surface area contributed by atoms with Gasteiger partial charge in [0.15, 0.2) is 9.84 Å². The van der Waals surface area contributed by atoms with E-state index in [1.54, 1.807) is 4.90 Å². The summed E-state index contributed by atoms with van der Waals surface area (Å²) in [6.07, 6.45) is -1.00. The lowest BCUT2D eigenvalue weighted by Crippen LogP contribution is -2.54. The summed E-state index contributed by atoms with van der Waals surface area (Å²) in [7, 11) is -7.36. The van der Waals surface area contributed by atoms with E-state index in [4.69, 9.17) is 0 Å². The number of aliphatic hydroxyl groups excluding tert-OH is 1. The van der Waals surface area contributed by atoms with Crippen molar-refractivity contribution in [3.8, 4) is 5.75 Å². The molecule has 1 aromatic carbocycles. The Hall–Kier alpha value is -1.34. The molecule has 0 spiro atoms. The first-order chi connectivity index (χ1) is 12.6. The largest absolute Gasteiger partial charge is 0.433 e. The number of rotatable bonds is 5. The van der Waals surface area contributed by atoms with Crippen LogP contribution in [-0.2, 0) is 19.9 Å². The zero-order valence-corrected chi connectivity index (χ0v) is 15.9. The topological polar surface area (TPSA) is 104 Å². The molecule has 2 aliphatic rings. The lowest BCUT2D eigenvalue weighted by molar-refractivity contribution is -0.0518. The van der Waals surface area contributed by atoms with Crippen LogP contribution >= 0.6 is 0 Å². The molecule has 2 aliphatic heterocycles. The van der Waals surface area contributed by atoms with Gasteiger partial charge in [-0.1, -0.05) is 12.1 Å². The third-order valence-corrected chi connectivity index (χ3v) is 8.36. The first-order valence-electron chi connectivity index (χ1n) is 8.27. The van der Waals surface area contributed by atoms with Gasteiger partial charge in [-0.3, -0.25) is 4.90 Å². The number of sulfonamides is 1. The predicted molar refractivity (Wildman–Crippen MR) is 91.9 cm³/mol. The fourth-order valence-electron chi connectivity index (χ4n) is 3.43. The van der Waals surface area contributed by atoms with Crippen LogP contribution in [0.2, 0.25) is 0 Å². The van der Waals surface area contributed by atoms with Gasteiger partial charge in [0, 0.05) is 26.2 Å². The van der Waals surface area contributed by atoms with E-state index in [1.807, 2.05) is 0 Å². The number of nitrogens with zero attached hydrogens (tertiary/aromatic N) is 2. The molecule has 8 nitrogen and oxygen atoms in total. The maximum atomic E-state index is 12.8. The number of hydrogen-bond donors (Lipinski definition) is 1. The summed E-state index contributed by atoms with van der Waals surface area (Å²) in [6.45, 7) is -2.59. The van der Waals surface area contributed by atoms with Crippen LogP contribution in [-0.4, -0.2) is 87.6 Å². The lowest BCUT2D eigenvalue weighted by Gasteiger charge is -2.38. The summed E-state index contributed by atoms with van der Waals surface area (Å²) in [5.41, 5.74) is 0. The molecule has 2 atom stereocenters. The number of alkyl halides is 2. The summed E-state index contributed by atoms with van der Waals surface area (Å²) in [5, 5.41) is 9.96. The van der Waals surface area contributed by atoms with Gasteiger partial charge < -0.3 is 9.84 Å². The minimum atomic E-state index is -4.05. The van der Waals surface area contributed by atoms with Gasteiger partial charge in [0.05, 0.1) is 23.7 Å². The monoisotopic (exact) mass is 426 g/mol. The molecule has 2 fully saturated rings. The Morgan fingerprint density at radius 1 is 1.11 bits per heavy atom. The minimum Gasteiger partial charge on any atom is -0.433 e. The highest BCUT2D eigenvalue weighted by atomic mass is 32.2. The molecule has 2 heterocycles. The highest BCUT2D eigenvalue weighted by Gasteiger charge is 2.42. The van der Waals surface area contributed by atoms with Crippen LogP contribution in [0.15, 0.2) is 29.2 Å². The Balaban J connectivity index is 1.72. The first kappa shape index (κ1) is 20.4. The number of piperazine rings is 1. The molecule has 12 heteroatoms. The van der Waals surface area contributed by atoms with Crippen molar-refractivity contribution in [1.29, 1.82) is 0 Å². The van der Waals surface area contributed by atoms with Crippen molar-refractivity contribution < 1.29 is 35.5 Å². The van der Waals surface area contributed by atoms with Crippen LogP contribution in [0, 0.1) is 0 Å². The van der Waals surface area contributed by atoms with E-state index in [0.717, 1.165) is 10.4 Å². The highest BCUT2D eigenvalue weighted by Crippen LogP contribution is 2.29. The van der Waals surface area contributed by atoms with E-state index in [0.29, 0.717) is 0 Å². The van der Waals surface area contributed by atoms with E-state index in [2.05, 4.69) is 4.74 Å². The van der Waals surface area contributed by atoms with Gasteiger partial charge >= 0.3 is 6.61 Å². The third kappa shape index (κ3) is 4.40.